The van der Waals surface area contributed by atoms with Crippen molar-refractivity contribution in [2.75, 3.05) is 0 Å². The van der Waals surface area contributed by atoms with Gasteiger partial charge in [-0.15, -0.1) is 0 Å². The number of nitrogens with one attached hydrogen (secondary N) is 1. The first kappa shape index (κ1) is 15.3. The number of hydrogen-bond donors (Lipinski definition) is 1. The van der Waals surface area contributed by atoms with Crippen molar-refractivity contribution < 1.29 is 4.79 Å². The zero-order valence-corrected chi connectivity index (χ0v) is 13.5. The van der Waals surface area contributed by atoms with Gasteiger partial charge in [-0.25, -0.2) is 0 Å². The molecule has 116 valence electrons. The molecule has 1 unspecified atom stereocenters. The number of carbonyl (C=O) groups excluding carboxylic acids is 1. The van der Waals surface area contributed by atoms with Crippen molar-refractivity contribution in [2.24, 2.45) is 0 Å². The molecule has 0 aromatic heterocycles. The summed E-state index contributed by atoms with van der Waals surface area (Å²) in [5.74, 6) is 0.0494. The van der Waals surface area contributed by atoms with E-state index in [4.69, 9.17) is 0 Å². The van der Waals surface area contributed by atoms with Crippen molar-refractivity contribution in [1.82, 2.24) is 5.32 Å². The Morgan fingerprint density at radius 1 is 0.957 bits per heavy atom. The predicted octanol–water partition coefficient (Wildman–Crippen LogP) is 4.57. The van der Waals surface area contributed by atoms with E-state index < -0.39 is 0 Å². The van der Waals surface area contributed by atoms with Gasteiger partial charge in [0, 0.05) is 0 Å². The summed E-state index contributed by atoms with van der Waals surface area (Å²) >= 11 is 0. The summed E-state index contributed by atoms with van der Waals surface area (Å²) in [6.07, 6.45) is 0.404. The van der Waals surface area contributed by atoms with Crippen LogP contribution >= 0.6 is 0 Å². The highest BCUT2D eigenvalue weighted by atomic mass is 16.1. The van der Waals surface area contributed by atoms with E-state index in [1.54, 1.807) is 0 Å². The summed E-state index contributed by atoms with van der Waals surface area (Å²) in [7, 11) is 0. The average molecular weight is 303 g/mol. The molecule has 23 heavy (non-hydrogen) atoms. The van der Waals surface area contributed by atoms with Gasteiger partial charge in [0.15, 0.2) is 0 Å². The van der Waals surface area contributed by atoms with Gasteiger partial charge in [-0.1, -0.05) is 72.3 Å². The summed E-state index contributed by atoms with van der Waals surface area (Å²) in [4.78, 5) is 12.3. The molecule has 0 saturated carbocycles. The second-order valence-corrected chi connectivity index (χ2v) is 6.06. The average Bonchev–Trinajstić information content (AvgIpc) is 2.55. The van der Waals surface area contributed by atoms with E-state index in [9.17, 15) is 4.79 Å². The fraction of sp³-hybridized carbons (Fsp3) is 0.190. The third-order valence-corrected chi connectivity index (χ3v) is 4.13. The Morgan fingerprint density at radius 2 is 1.65 bits per heavy atom. The van der Waals surface area contributed by atoms with Crippen LogP contribution in [-0.2, 0) is 11.2 Å². The minimum absolute atomic E-state index is 0.0172. The van der Waals surface area contributed by atoms with Gasteiger partial charge in [-0.2, -0.15) is 0 Å². The summed E-state index contributed by atoms with van der Waals surface area (Å²) in [6, 6.07) is 22.7. The Labute approximate surface area is 137 Å². The molecule has 0 heterocycles. The van der Waals surface area contributed by atoms with Crippen molar-refractivity contribution in [2.45, 2.75) is 26.3 Å². The highest BCUT2D eigenvalue weighted by molar-refractivity contribution is 5.85. The molecule has 0 aliphatic carbocycles. The van der Waals surface area contributed by atoms with E-state index in [1.807, 2.05) is 25.1 Å². The monoisotopic (exact) mass is 303 g/mol. The molecule has 3 aromatic carbocycles. The fourth-order valence-electron chi connectivity index (χ4n) is 2.77. The van der Waals surface area contributed by atoms with Crippen LogP contribution in [0.5, 0.6) is 0 Å². The van der Waals surface area contributed by atoms with Crippen LogP contribution in [0.2, 0.25) is 0 Å². The number of fused-ring (bicyclic) bond motifs is 1. The van der Waals surface area contributed by atoms with Crippen molar-refractivity contribution >= 4 is 16.7 Å². The van der Waals surface area contributed by atoms with Crippen molar-refractivity contribution in [3.8, 4) is 0 Å². The SMILES string of the molecule is Cc1ccc(C(C)NC(=O)Cc2ccc3ccccc3c2)cc1. The van der Waals surface area contributed by atoms with E-state index in [0.29, 0.717) is 6.42 Å². The Kier molecular flexibility index (Phi) is 4.42. The lowest BCUT2D eigenvalue weighted by Gasteiger charge is -2.15. The molecule has 0 aliphatic heterocycles. The molecule has 0 saturated heterocycles. The van der Waals surface area contributed by atoms with E-state index in [0.717, 1.165) is 11.1 Å². The van der Waals surface area contributed by atoms with Crippen LogP contribution in [0.3, 0.4) is 0 Å². The summed E-state index contributed by atoms with van der Waals surface area (Å²) in [5.41, 5.74) is 3.39. The third-order valence-electron chi connectivity index (χ3n) is 4.13. The summed E-state index contributed by atoms with van der Waals surface area (Å²) < 4.78 is 0. The number of aryl methyl sites for hydroxylation is 1. The van der Waals surface area contributed by atoms with Crippen LogP contribution in [0.15, 0.2) is 66.7 Å². The van der Waals surface area contributed by atoms with Gasteiger partial charge in [-0.05, 0) is 35.7 Å². The minimum Gasteiger partial charge on any atom is -0.349 e. The van der Waals surface area contributed by atoms with Crippen LogP contribution < -0.4 is 5.32 Å². The zero-order valence-electron chi connectivity index (χ0n) is 13.5. The Bertz CT molecular complexity index is 821. The molecule has 3 aromatic rings. The first-order valence-corrected chi connectivity index (χ1v) is 7.95. The highest BCUT2D eigenvalue weighted by Gasteiger charge is 2.10. The Morgan fingerprint density at radius 3 is 2.39 bits per heavy atom. The first-order chi connectivity index (χ1) is 11.1. The molecular formula is C21H21NO. The lowest BCUT2D eigenvalue weighted by Crippen LogP contribution is -2.28. The highest BCUT2D eigenvalue weighted by Crippen LogP contribution is 2.17. The fourth-order valence-corrected chi connectivity index (χ4v) is 2.77. The third kappa shape index (κ3) is 3.78. The molecule has 3 rings (SSSR count). The van der Waals surface area contributed by atoms with Gasteiger partial charge < -0.3 is 5.32 Å². The standard InChI is InChI=1S/C21H21NO/c1-15-7-10-18(11-8-15)16(2)22-21(23)14-17-9-12-19-5-3-4-6-20(19)13-17/h3-13,16H,14H2,1-2H3,(H,22,23). The van der Waals surface area contributed by atoms with E-state index in [1.165, 1.54) is 16.3 Å². The van der Waals surface area contributed by atoms with Crippen LogP contribution in [0.25, 0.3) is 10.8 Å². The molecule has 1 amide bonds. The number of amides is 1. The van der Waals surface area contributed by atoms with Gasteiger partial charge in [0.05, 0.1) is 12.5 Å². The quantitative estimate of drug-likeness (QED) is 0.751. The minimum atomic E-state index is 0.0172. The molecule has 1 N–H and O–H groups in total. The van der Waals surface area contributed by atoms with Crippen molar-refractivity contribution in [3.05, 3.63) is 83.4 Å². The predicted molar refractivity (Wildman–Crippen MR) is 95.4 cm³/mol. The topological polar surface area (TPSA) is 29.1 Å². The number of carbonyl (C=O) groups is 1. The summed E-state index contributed by atoms with van der Waals surface area (Å²) in [5, 5.41) is 5.44. The van der Waals surface area contributed by atoms with Gasteiger partial charge in [-0.3, -0.25) is 4.79 Å². The second kappa shape index (κ2) is 6.66. The van der Waals surface area contributed by atoms with Gasteiger partial charge >= 0.3 is 0 Å². The normalized spacial score (nSPS) is 12.1. The second-order valence-electron chi connectivity index (χ2n) is 6.06. The largest absolute Gasteiger partial charge is 0.349 e. The van der Waals surface area contributed by atoms with Crippen LogP contribution in [0.4, 0.5) is 0 Å². The van der Waals surface area contributed by atoms with Crippen molar-refractivity contribution in [1.29, 1.82) is 0 Å². The lowest BCUT2D eigenvalue weighted by atomic mass is 10.0. The molecule has 0 fully saturated rings. The number of rotatable bonds is 4. The zero-order chi connectivity index (χ0) is 16.2. The molecule has 0 aliphatic rings. The van der Waals surface area contributed by atoms with E-state index in [2.05, 4.69) is 60.8 Å². The van der Waals surface area contributed by atoms with E-state index >= 15 is 0 Å². The van der Waals surface area contributed by atoms with Crippen LogP contribution in [0, 0.1) is 6.92 Å². The Balaban J connectivity index is 1.67. The van der Waals surface area contributed by atoms with Gasteiger partial charge in [0.2, 0.25) is 5.91 Å². The maximum atomic E-state index is 12.3. The van der Waals surface area contributed by atoms with Crippen molar-refractivity contribution in [3.63, 3.8) is 0 Å². The van der Waals surface area contributed by atoms with Gasteiger partial charge in [0.25, 0.3) is 0 Å². The molecule has 0 radical (unpaired) electrons. The van der Waals surface area contributed by atoms with Crippen LogP contribution in [-0.4, -0.2) is 5.91 Å². The first-order valence-electron chi connectivity index (χ1n) is 7.95. The maximum absolute atomic E-state index is 12.3. The smallest absolute Gasteiger partial charge is 0.224 e. The molecule has 0 spiro atoms. The molecular weight excluding hydrogens is 282 g/mol. The molecule has 2 heteroatoms. The van der Waals surface area contributed by atoms with Crippen LogP contribution in [0.1, 0.15) is 29.7 Å². The molecule has 0 bridgehead atoms. The number of hydrogen-bond acceptors (Lipinski definition) is 1. The number of benzene rings is 3. The molecule has 1 atom stereocenters. The lowest BCUT2D eigenvalue weighted by molar-refractivity contribution is -0.121. The maximum Gasteiger partial charge on any atom is 0.224 e. The Hall–Kier alpha value is -2.61. The molecule has 2 nitrogen and oxygen atoms in total. The van der Waals surface area contributed by atoms with E-state index in [-0.39, 0.29) is 11.9 Å². The summed E-state index contributed by atoms with van der Waals surface area (Å²) in [6.45, 7) is 4.08. The van der Waals surface area contributed by atoms with Gasteiger partial charge in [0.1, 0.15) is 0 Å².